The Labute approximate surface area is 423 Å². The molecule has 4 amide bonds. The van der Waals surface area contributed by atoms with Gasteiger partial charge in [-0.15, -0.1) is 0 Å². The van der Waals surface area contributed by atoms with Gasteiger partial charge in [-0.3, -0.25) is 53.5 Å². The number of carbonyl (C=O) groups is 4. The number of benzene rings is 2. The van der Waals surface area contributed by atoms with Crippen molar-refractivity contribution in [3.8, 4) is 5.69 Å². The number of rotatable bonds is 11. The highest BCUT2D eigenvalue weighted by molar-refractivity contribution is 6.15. The minimum Gasteiger partial charge on any atom is -0.386 e. The molecule has 1 spiro atoms. The molecule has 382 valence electrons. The van der Waals surface area contributed by atoms with Gasteiger partial charge < -0.3 is 14.8 Å². The molecule has 0 unspecified atom stereocenters. The lowest BCUT2D eigenvalue weighted by Crippen LogP contribution is -2.54. The summed E-state index contributed by atoms with van der Waals surface area (Å²) < 4.78 is 34.3. The number of nitrogens with zero attached hydrogens (tertiary/aromatic N) is 8. The largest absolute Gasteiger partial charge is 0.386 e. The number of nitrogens with one attached hydrogen (secondary N) is 2. The maximum absolute atomic E-state index is 16.2. The number of anilines is 2. The molecule has 5 aromatic rings. The van der Waals surface area contributed by atoms with E-state index in [2.05, 4.69) is 62.4 Å². The van der Waals surface area contributed by atoms with Crippen LogP contribution in [0.4, 0.5) is 20.2 Å². The lowest BCUT2D eigenvalue weighted by Gasteiger charge is -2.42. The fourth-order valence-corrected chi connectivity index (χ4v) is 12.6. The van der Waals surface area contributed by atoms with Crippen LogP contribution >= 0.6 is 0 Å². The van der Waals surface area contributed by atoms with Gasteiger partial charge in [0.15, 0.2) is 5.82 Å². The summed E-state index contributed by atoms with van der Waals surface area (Å²) in [6, 6.07) is 14.2. The number of likely N-dealkylation sites (tertiary alicyclic amines) is 1. The third-order valence-corrected chi connectivity index (χ3v) is 16.9. The molecule has 73 heavy (non-hydrogen) atoms. The number of imide groups is 1. The smallest absolute Gasteiger partial charge is 0.257 e. The third-order valence-electron chi connectivity index (χ3n) is 16.9. The van der Waals surface area contributed by atoms with Crippen molar-refractivity contribution in [3.05, 3.63) is 123 Å². The average molecular weight is 995 g/mol. The molecular weight excluding hydrogens is 931 g/mol. The van der Waals surface area contributed by atoms with E-state index in [4.69, 9.17) is 0 Å². The zero-order valence-corrected chi connectivity index (χ0v) is 42.3. The Morgan fingerprint density at radius 3 is 2.42 bits per heavy atom. The third kappa shape index (κ3) is 8.76. The van der Waals surface area contributed by atoms with E-state index in [0.717, 1.165) is 97.4 Å². The molecule has 6 aliphatic rings. The second-order valence-corrected chi connectivity index (χ2v) is 21.4. The van der Waals surface area contributed by atoms with Crippen LogP contribution in [0.1, 0.15) is 103 Å². The van der Waals surface area contributed by atoms with Crippen LogP contribution < -0.4 is 21.1 Å². The van der Waals surface area contributed by atoms with Gasteiger partial charge >= 0.3 is 0 Å². The van der Waals surface area contributed by atoms with Gasteiger partial charge in [-0.2, -0.15) is 0 Å². The summed E-state index contributed by atoms with van der Waals surface area (Å²) in [6.07, 6.45) is 9.46. The monoisotopic (exact) mass is 995 g/mol. The Bertz CT molecular complexity index is 3150. The lowest BCUT2D eigenvalue weighted by molar-refractivity contribution is -0.135. The molecule has 3 aromatic heterocycles. The first-order valence-electron chi connectivity index (χ1n) is 26.0. The van der Waals surface area contributed by atoms with Crippen LogP contribution in [0.5, 0.6) is 0 Å². The maximum atomic E-state index is 16.2. The molecule has 3 atom stereocenters. The molecule has 2 N–H and O–H groups in total. The van der Waals surface area contributed by atoms with E-state index in [1.165, 1.54) is 22.9 Å². The van der Waals surface area contributed by atoms with Gasteiger partial charge in [0.05, 0.1) is 23.0 Å². The number of hydrogen-bond donors (Lipinski definition) is 2. The van der Waals surface area contributed by atoms with Crippen LogP contribution in [-0.4, -0.2) is 129 Å². The van der Waals surface area contributed by atoms with Crippen molar-refractivity contribution in [2.75, 3.05) is 69.6 Å². The van der Waals surface area contributed by atoms with Crippen molar-refractivity contribution >= 4 is 51.6 Å². The lowest BCUT2D eigenvalue weighted by atomic mass is 9.92. The van der Waals surface area contributed by atoms with Gasteiger partial charge in [0.1, 0.15) is 17.5 Å². The highest BCUT2D eigenvalue weighted by Crippen LogP contribution is 2.58. The summed E-state index contributed by atoms with van der Waals surface area (Å²) in [6.45, 7) is 13.4. The van der Waals surface area contributed by atoms with E-state index in [0.29, 0.717) is 73.4 Å². The predicted molar refractivity (Wildman–Crippen MR) is 275 cm³/mol. The summed E-state index contributed by atoms with van der Waals surface area (Å²) in [7, 11) is 3.51. The fraction of sp³-hybridized carbons (Fsp3) is 0.464. The first-order valence-corrected chi connectivity index (χ1v) is 26.0. The SMILES string of the molecule is CNc1cc(=O)n(-c2ccnc3c2cc([C@H](C)N2CC=C(c4c(C)cc(C(=O)N5CCC(CN6CCN(Cc7ccc8c(c7)C7(CC7)C(=O)N8[C@@H]7CCC(=O)NC7=O)C[C@@H]6C)CC5)cc4F)CC2)n3C)cc1F. The number of aromatic nitrogens is 3. The minimum atomic E-state index is -0.653. The normalized spacial score (nSPS) is 22.2. The van der Waals surface area contributed by atoms with E-state index in [-0.39, 0.29) is 47.2 Å². The Morgan fingerprint density at radius 2 is 1.73 bits per heavy atom. The summed E-state index contributed by atoms with van der Waals surface area (Å²) in [5.41, 5.74) is 7.05. The summed E-state index contributed by atoms with van der Waals surface area (Å²) in [5, 5.41) is 5.87. The first-order chi connectivity index (χ1) is 35.1. The molecule has 0 bridgehead atoms. The highest BCUT2D eigenvalue weighted by Gasteiger charge is 2.61. The summed E-state index contributed by atoms with van der Waals surface area (Å²) >= 11 is 0. The maximum Gasteiger partial charge on any atom is 0.257 e. The van der Waals surface area contributed by atoms with Crippen LogP contribution in [0.3, 0.4) is 0 Å². The Hall–Kier alpha value is -6.56. The average Bonchev–Trinajstić information content (AvgIpc) is 4.07. The molecule has 1 aliphatic carbocycles. The van der Waals surface area contributed by atoms with E-state index in [9.17, 15) is 28.4 Å². The number of halogens is 2. The van der Waals surface area contributed by atoms with Crippen LogP contribution in [0.15, 0.2) is 71.8 Å². The van der Waals surface area contributed by atoms with Crippen molar-refractivity contribution < 1.29 is 28.0 Å². The van der Waals surface area contributed by atoms with Crippen molar-refractivity contribution in [2.24, 2.45) is 13.0 Å². The molecule has 15 nitrogen and oxygen atoms in total. The van der Waals surface area contributed by atoms with Crippen LogP contribution in [-0.2, 0) is 33.4 Å². The number of fused-ring (bicyclic) bond motifs is 3. The van der Waals surface area contributed by atoms with E-state index < -0.39 is 23.2 Å². The standard InChI is InChI=1S/C56H64F2N10O5/c1-33-24-39(26-42(57)51(33)38-13-20-64(21-14-38)35(3)48-27-40-45(10-17-60-52(40)62(48)5)67-32-43(58)44(59-4)28-50(67)70)54(72)65-18-11-36(12-19-65)31-66-23-22-63(29-34(66)2)30-37-6-7-46-41(25-37)56(15-16-56)55(73)68(46)47-8-9-49(69)61-53(47)71/h6-7,10,13,17,24-28,32,34-36,47,59H,8-9,11-12,14-16,18-23,29-31H2,1-5H3,(H,61,69,71)/t34-,35-,47+/m0/s1. The van der Waals surface area contributed by atoms with Gasteiger partial charge in [-0.05, 0) is 118 Å². The number of pyridine rings is 2. The van der Waals surface area contributed by atoms with Crippen molar-refractivity contribution in [3.63, 3.8) is 0 Å². The number of aryl methyl sites for hydroxylation is 2. The van der Waals surface area contributed by atoms with Gasteiger partial charge in [0.2, 0.25) is 17.7 Å². The quantitative estimate of drug-likeness (QED) is 0.142. The highest BCUT2D eigenvalue weighted by atomic mass is 19.1. The van der Waals surface area contributed by atoms with Crippen molar-refractivity contribution in [2.45, 2.75) is 95.8 Å². The Morgan fingerprint density at radius 1 is 0.932 bits per heavy atom. The molecule has 5 aliphatic heterocycles. The van der Waals surface area contributed by atoms with Crippen LogP contribution in [0, 0.1) is 24.5 Å². The second-order valence-electron chi connectivity index (χ2n) is 21.4. The van der Waals surface area contributed by atoms with E-state index in [1.807, 2.05) is 41.6 Å². The molecule has 3 saturated heterocycles. The van der Waals surface area contributed by atoms with Gasteiger partial charge in [0.25, 0.3) is 11.5 Å². The molecule has 2 aromatic carbocycles. The van der Waals surface area contributed by atoms with Crippen LogP contribution in [0.25, 0.3) is 22.3 Å². The summed E-state index contributed by atoms with van der Waals surface area (Å²) in [5.74, 6) is -1.27. The number of amides is 4. The van der Waals surface area contributed by atoms with Gasteiger partial charge in [0, 0.05) is 132 Å². The van der Waals surface area contributed by atoms with E-state index >= 15 is 4.39 Å². The predicted octanol–water partition coefficient (Wildman–Crippen LogP) is 6.44. The van der Waals surface area contributed by atoms with E-state index in [1.54, 1.807) is 24.2 Å². The van der Waals surface area contributed by atoms with Crippen molar-refractivity contribution in [1.82, 2.24) is 39.0 Å². The number of hydrogen-bond acceptors (Lipinski definition) is 10. The first kappa shape index (κ1) is 48.7. The Balaban J connectivity index is 0.674. The topological polar surface area (TPSA) is 148 Å². The van der Waals surface area contributed by atoms with Gasteiger partial charge in [-0.1, -0.05) is 18.2 Å². The molecule has 0 radical (unpaired) electrons. The number of piperidine rings is 2. The zero-order chi connectivity index (χ0) is 51.0. The summed E-state index contributed by atoms with van der Waals surface area (Å²) in [4.78, 5) is 80.8. The molecule has 11 rings (SSSR count). The molecule has 8 heterocycles. The molecule has 1 saturated carbocycles. The Kier molecular flexibility index (Phi) is 12.7. The number of carbonyl (C=O) groups excluding carboxylic acids is 4. The van der Waals surface area contributed by atoms with Crippen molar-refractivity contribution in [1.29, 1.82) is 0 Å². The molecule has 4 fully saturated rings. The van der Waals surface area contributed by atoms with Gasteiger partial charge in [-0.25, -0.2) is 13.8 Å². The number of piperazine rings is 1. The fourth-order valence-electron chi connectivity index (χ4n) is 12.6. The zero-order valence-electron chi connectivity index (χ0n) is 42.3. The van der Waals surface area contributed by atoms with Crippen LogP contribution in [0.2, 0.25) is 0 Å². The molecule has 17 heteroatoms. The minimum absolute atomic E-state index is 0.0109. The second kappa shape index (κ2) is 19.0. The molecular formula is C56H64F2N10O5.